The Labute approximate surface area is 180 Å². The van der Waals surface area contributed by atoms with Crippen LogP contribution in [0.1, 0.15) is 24.5 Å². The van der Waals surface area contributed by atoms with Gasteiger partial charge in [-0.05, 0) is 36.1 Å². The number of hydrogen-bond acceptors (Lipinski definition) is 5. The third kappa shape index (κ3) is 5.66. The molecule has 0 bridgehead atoms. The first-order chi connectivity index (χ1) is 14.4. The van der Waals surface area contributed by atoms with Crippen LogP contribution in [0.5, 0.6) is 0 Å². The minimum atomic E-state index is -1.02. The Kier molecular flexibility index (Phi) is 7.20. The van der Waals surface area contributed by atoms with Crippen LogP contribution in [0.25, 0.3) is 11.3 Å². The molecule has 2 aromatic carbocycles. The summed E-state index contributed by atoms with van der Waals surface area (Å²) in [4.78, 5) is 11.4. The Morgan fingerprint density at radius 1 is 1.07 bits per heavy atom. The Morgan fingerprint density at radius 3 is 2.30 bits per heavy atom. The fourth-order valence-corrected chi connectivity index (χ4v) is 3.36. The molecular formula is C22H25ClN4O3. The standard InChI is InChI=1S/C22H25ClN4O3/c1-16(30)24-22(14-28,15-29)11-10-17-2-6-19(7-3-17)21-13-27(26-25-21)12-18-4-8-20(23)9-5-18/h2-9,13,28-29H,10-12,14-15H2,1H3,(H,24,30). The molecule has 0 saturated heterocycles. The topological polar surface area (TPSA) is 100 Å². The van der Waals surface area contributed by atoms with Crippen LogP contribution in [0.4, 0.5) is 0 Å². The van der Waals surface area contributed by atoms with Crippen LogP contribution < -0.4 is 5.32 Å². The number of carbonyl (C=O) groups is 1. The van der Waals surface area contributed by atoms with Crippen molar-refractivity contribution in [2.45, 2.75) is 31.8 Å². The summed E-state index contributed by atoms with van der Waals surface area (Å²) in [6.45, 7) is 1.33. The largest absolute Gasteiger partial charge is 0.394 e. The average molecular weight is 429 g/mol. The Balaban J connectivity index is 1.63. The first-order valence-electron chi connectivity index (χ1n) is 9.67. The van der Waals surface area contributed by atoms with Crippen molar-refractivity contribution in [2.24, 2.45) is 0 Å². The van der Waals surface area contributed by atoms with E-state index in [1.54, 1.807) is 4.68 Å². The molecule has 7 nitrogen and oxygen atoms in total. The molecular weight excluding hydrogens is 404 g/mol. The van der Waals surface area contributed by atoms with Gasteiger partial charge in [-0.25, -0.2) is 4.68 Å². The van der Waals surface area contributed by atoms with Crippen molar-refractivity contribution in [1.82, 2.24) is 20.3 Å². The number of nitrogens with zero attached hydrogens (tertiary/aromatic N) is 3. The van der Waals surface area contributed by atoms with Gasteiger partial charge >= 0.3 is 0 Å². The second kappa shape index (κ2) is 9.84. The first-order valence-corrected chi connectivity index (χ1v) is 10.1. The molecule has 1 heterocycles. The maximum atomic E-state index is 11.4. The highest BCUT2D eigenvalue weighted by Gasteiger charge is 2.29. The van der Waals surface area contributed by atoms with Crippen LogP contribution >= 0.6 is 11.6 Å². The number of aryl methyl sites for hydroxylation is 1. The van der Waals surface area contributed by atoms with E-state index in [2.05, 4.69) is 15.6 Å². The van der Waals surface area contributed by atoms with Crippen molar-refractivity contribution < 1.29 is 15.0 Å². The number of aromatic nitrogens is 3. The van der Waals surface area contributed by atoms with E-state index in [-0.39, 0.29) is 19.1 Å². The van der Waals surface area contributed by atoms with Crippen molar-refractivity contribution in [3.05, 3.63) is 70.9 Å². The van der Waals surface area contributed by atoms with Gasteiger partial charge < -0.3 is 15.5 Å². The SMILES string of the molecule is CC(=O)NC(CO)(CO)CCc1ccc(-c2cn(Cc3ccc(Cl)cc3)nn2)cc1. The maximum absolute atomic E-state index is 11.4. The summed E-state index contributed by atoms with van der Waals surface area (Å²) in [6.07, 6.45) is 2.92. The summed E-state index contributed by atoms with van der Waals surface area (Å²) in [5.41, 5.74) is 2.81. The lowest BCUT2D eigenvalue weighted by Gasteiger charge is -2.30. The predicted molar refractivity (Wildman–Crippen MR) is 115 cm³/mol. The zero-order chi connectivity index (χ0) is 21.6. The van der Waals surface area contributed by atoms with Gasteiger partial charge in [0.2, 0.25) is 5.91 Å². The highest BCUT2D eigenvalue weighted by atomic mass is 35.5. The summed E-state index contributed by atoms with van der Waals surface area (Å²) in [6, 6.07) is 15.5. The van der Waals surface area contributed by atoms with Gasteiger partial charge in [0.15, 0.2) is 0 Å². The molecule has 0 radical (unpaired) electrons. The Bertz CT molecular complexity index is 967. The average Bonchev–Trinajstić information content (AvgIpc) is 3.21. The number of rotatable bonds is 9. The Morgan fingerprint density at radius 2 is 1.70 bits per heavy atom. The molecule has 0 atom stereocenters. The lowest BCUT2D eigenvalue weighted by atomic mass is 9.92. The number of benzene rings is 2. The summed E-state index contributed by atoms with van der Waals surface area (Å²) in [7, 11) is 0. The molecule has 30 heavy (non-hydrogen) atoms. The summed E-state index contributed by atoms with van der Waals surface area (Å²) in [5, 5.41) is 31.0. The number of hydrogen-bond donors (Lipinski definition) is 3. The number of nitrogens with one attached hydrogen (secondary N) is 1. The lowest BCUT2D eigenvalue weighted by Crippen LogP contribution is -2.53. The van der Waals surface area contributed by atoms with E-state index in [1.807, 2.05) is 54.7 Å². The number of carbonyl (C=O) groups excluding carboxylic acids is 1. The number of amides is 1. The van der Waals surface area contributed by atoms with Crippen molar-refractivity contribution >= 4 is 17.5 Å². The highest BCUT2D eigenvalue weighted by Crippen LogP contribution is 2.20. The van der Waals surface area contributed by atoms with Gasteiger partial charge in [0.05, 0.1) is 31.5 Å². The molecule has 1 aromatic heterocycles. The molecule has 3 aromatic rings. The second-order valence-electron chi connectivity index (χ2n) is 7.40. The van der Waals surface area contributed by atoms with Crippen LogP contribution in [0.3, 0.4) is 0 Å². The van der Waals surface area contributed by atoms with Crippen molar-refractivity contribution in [2.75, 3.05) is 13.2 Å². The van der Waals surface area contributed by atoms with E-state index in [4.69, 9.17) is 11.6 Å². The van der Waals surface area contributed by atoms with E-state index in [0.29, 0.717) is 24.4 Å². The van der Waals surface area contributed by atoms with Crippen LogP contribution in [-0.2, 0) is 17.8 Å². The highest BCUT2D eigenvalue weighted by molar-refractivity contribution is 6.30. The van der Waals surface area contributed by atoms with Gasteiger partial charge in [0.25, 0.3) is 0 Å². The molecule has 0 saturated carbocycles. The fraction of sp³-hybridized carbons (Fsp3) is 0.318. The predicted octanol–water partition coefficient (Wildman–Crippen LogP) is 2.44. The Hall–Kier alpha value is -2.74. The van der Waals surface area contributed by atoms with Gasteiger partial charge in [-0.15, -0.1) is 5.10 Å². The van der Waals surface area contributed by atoms with Gasteiger partial charge in [0.1, 0.15) is 5.69 Å². The lowest BCUT2D eigenvalue weighted by molar-refractivity contribution is -0.122. The first kappa shape index (κ1) is 22.0. The zero-order valence-corrected chi connectivity index (χ0v) is 17.5. The molecule has 0 unspecified atom stereocenters. The number of aliphatic hydroxyl groups excluding tert-OH is 2. The summed E-state index contributed by atoms with van der Waals surface area (Å²) in [5.74, 6) is -0.282. The number of halogens is 1. The maximum Gasteiger partial charge on any atom is 0.217 e. The normalized spacial score (nSPS) is 11.5. The summed E-state index contributed by atoms with van der Waals surface area (Å²) >= 11 is 5.92. The molecule has 3 rings (SSSR count). The van der Waals surface area contributed by atoms with Crippen LogP contribution in [0.2, 0.25) is 5.02 Å². The van der Waals surface area contributed by atoms with Crippen LogP contribution in [-0.4, -0.2) is 49.9 Å². The molecule has 0 aliphatic carbocycles. The minimum Gasteiger partial charge on any atom is -0.394 e. The van der Waals surface area contributed by atoms with E-state index in [9.17, 15) is 15.0 Å². The molecule has 0 spiro atoms. The molecule has 0 fully saturated rings. The summed E-state index contributed by atoms with van der Waals surface area (Å²) < 4.78 is 1.77. The second-order valence-corrected chi connectivity index (χ2v) is 7.84. The fourth-order valence-electron chi connectivity index (χ4n) is 3.23. The van der Waals surface area contributed by atoms with E-state index in [1.165, 1.54) is 6.92 Å². The van der Waals surface area contributed by atoms with Crippen molar-refractivity contribution in [3.8, 4) is 11.3 Å². The molecule has 1 amide bonds. The van der Waals surface area contributed by atoms with Crippen molar-refractivity contribution in [1.29, 1.82) is 0 Å². The van der Waals surface area contributed by atoms with Gasteiger partial charge in [-0.2, -0.15) is 0 Å². The molecule has 3 N–H and O–H groups in total. The van der Waals surface area contributed by atoms with E-state index < -0.39 is 5.54 Å². The minimum absolute atomic E-state index is 0.282. The molecule has 0 aliphatic heterocycles. The monoisotopic (exact) mass is 428 g/mol. The third-order valence-corrected chi connectivity index (χ3v) is 5.24. The quantitative estimate of drug-likeness (QED) is 0.486. The zero-order valence-electron chi connectivity index (χ0n) is 16.8. The van der Waals surface area contributed by atoms with Crippen molar-refractivity contribution in [3.63, 3.8) is 0 Å². The smallest absolute Gasteiger partial charge is 0.217 e. The van der Waals surface area contributed by atoms with Crippen LogP contribution in [0.15, 0.2) is 54.7 Å². The number of aliphatic hydroxyl groups is 2. The van der Waals surface area contributed by atoms with Gasteiger partial charge in [-0.3, -0.25) is 4.79 Å². The van der Waals surface area contributed by atoms with Gasteiger partial charge in [0, 0.05) is 17.5 Å². The van der Waals surface area contributed by atoms with E-state index in [0.717, 1.165) is 22.4 Å². The van der Waals surface area contributed by atoms with Gasteiger partial charge in [-0.1, -0.05) is 53.2 Å². The molecule has 0 aliphatic rings. The third-order valence-electron chi connectivity index (χ3n) is 4.98. The molecule has 158 valence electrons. The molecule has 8 heteroatoms. The van der Waals surface area contributed by atoms with Crippen LogP contribution in [0, 0.1) is 0 Å². The van der Waals surface area contributed by atoms with E-state index >= 15 is 0 Å².